The van der Waals surface area contributed by atoms with Gasteiger partial charge in [0.1, 0.15) is 12.7 Å². The second-order valence-electron chi connectivity index (χ2n) is 9.68. The molecule has 5 heteroatoms. The number of hydrogen-bond acceptors (Lipinski definition) is 4. The molecular formula is C34H25N4O+. The molecule has 0 N–H and O–H groups in total. The molecule has 0 amide bonds. The van der Waals surface area contributed by atoms with Gasteiger partial charge >= 0.3 is 0 Å². The van der Waals surface area contributed by atoms with E-state index in [1.54, 1.807) is 0 Å². The molecule has 4 aromatic heterocycles. The third kappa shape index (κ3) is 4.05. The van der Waals surface area contributed by atoms with Gasteiger partial charge in [-0.3, -0.25) is 0 Å². The van der Waals surface area contributed by atoms with Crippen molar-refractivity contribution in [1.29, 1.82) is 0 Å². The summed E-state index contributed by atoms with van der Waals surface area (Å²) in [7, 11) is 2.05. The molecule has 0 spiro atoms. The van der Waals surface area contributed by atoms with Gasteiger partial charge in [0.05, 0.1) is 17.0 Å². The summed E-state index contributed by atoms with van der Waals surface area (Å²) in [4.78, 5) is 14.8. The standard InChI is InChI=1S/C34H25N4O/c1-22-16-17-25-26-18-19-27(37-34(26)39-32(25)31(22)30-15-9-10-20-38(30)2)33-35-28(23-11-5-3-6-12-23)21-29(36-33)24-13-7-4-8-14-24/h3-21H,1-2H3/q+1. The van der Waals surface area contributed by atoms with Crippen molar-refractivity contribution in [2.24, 2.45) is 7.05 Å². The van der Waals surface area contributed by atoms with Crippen LogP contribution in [-0.2, 0) is 7.05 Å². The molecule has 39 heavy (non-hydrogen) atoms. The number of nitrogens with zero attached hydrogens (tertiary/aromatic N) is 4. The van der Waals surface area contributed by atoms with Crippen LogP contribution in [0.25, 0.3) is 67.4 Å². The minimum absolute atomic E-state index is 0.559. The number of aromatic nitrogens is 4. The average Bonchev–Trinajstić information content (AvgIpc) is 3.36. The summed E-state index contributed by atoms with van der Waals surface area (Å²) in [5.41, 5.74) is 9.13. The van der Waals surface area contributed by atoms with E-state index >= 15 is 0 Å². The molecule has 186 valence electrons. The van der Waals surface area contributed by atoms with E-state index in [2.05, 4.69) is 60.0 Å². The SMILES string of the molecule is Cc1ccc2c(oc3nc(-c4nc(-c5ccccc5)cc(-c5ccccc5)n4)ccc32)c1-c1cccc[n+]1C. The first-order chi connectivity index (χ1) is 19.2. The van der Waals surface area contributed by atoms with Gasteiger partial charge in [0.25, 0.3) is 0 Å². The zero-order valence-corrected chi connectivity index (χ0v) is 21.7. The van der Waals surface area contributed by atoms with Gasteiger partial charge in [-0.05, 0) is 36.8 Å². The van der Waals surface area contributed by atoms with Gasteiger partial charge in [-0.1, -0.05) is 72.8 Å². The lowest BCUT2D eigenvalue weighted by Gasteiger charge is -2.08. The van der Waals surface area contributed by atoms with E-state index in [4.69, 9.17) is 19.4 Å². The van der Waals surface area contributed by atoms with Crippen LogP contribution >= 0.6 is 0 Å². The van der Waals surface area contributed by atoms with Crippen molar-refractivity contribution in [3.63, 3.8) is 0 Å². The Hall–Kier alpha value is -5.16. The highest BCUT2D eigenvalue weighted by atomic mass is 16.3. The molecule has 0 fully saturated rings. The minimum Gasteiger partial charge on any atom is -0.437 e. The van der Waals surface area contributed by atoms with Crippen LogP contribution in [0.4, 0.5) is 0 Å². The maximum Gasteiger partial charge on any atom is 0.228 e. The third-order valence-electron chi connectivity index (χ3n) is 7.12. The molecule has 7 aromatic rings. The number of rotatable bonds is 4. The molecule has 0 atom stereocenters. The largest absolute Gasteiger partial charge is 0.437 e. The monoisotopic (exact) mass is 505 g/mol. The first kappa shape index (κ1) is 23.0. The molecule has 4 heterocycles. The van der Waals surface area contributed by atoms with E-state index in [0.717, 1.165) is 55.7 Å². The molecule has 0 saturated carbocycles. The van der Waals surface area contributed by atoms with Gasteiger partial charge in [0, 0.05) is 34.0 Å². The maximum atomic E-state index is 6.49. The summed E-state index contributed by atoms with van der Waals surface area (Å²) in [6, 6.07) is 36.9. The van der Waals surface area contributed by atoms with E-state index in [1.807, 2.05) is 73.9 Å². The molecule has 7 rings (SSSR count). The quantitative estimate of drug-likeness (QED) is 0.232. The Kier molecular flexibility index (Phi) is 5.48. The highest BCUT2D eigenvalue weighted by Crippen LogP contribution is 2.37. The number of furan rings is 1. The fourth-order valence-electron chi connectivity index (χ4n) is 5.12. The van der Waals surface area contributed by atoms with Gasteiger partial charge < -0.3 is 4.42 Å². The lowest BCUT2D eigenvalue weighted by atomic mass is 10.0. The highest BCUT2D eigenvalue weighted by Gasteiger charge is 2.21. The summed E-state index contributed by atoms with van der Waals surface area (Å²) in [6.07, 6.45) is 2.05. The minimum atomic E-state index is 0.559. The van der Waals surface area contributed by atoms with Gasteiger partial charge in [0.2, 0.25) is 11.4 Å². The van der Waals surface area contributed by atoms with Crippen molar-refractivity contribution < 1.29 is 8.98 Å². The van der Waals surface area contributed by atoms with Crippen LogP contribution in [0.1, 0.15) is 5.56 Å². The van der Waals surface area contributed by atoms with Crippen LogP contribution in [-0.4, -0.2) is 15.0 Å². The van der Waals surface area contributed by atoms with Crippen molar-refractivity contribution in [1.82, 2.24) is 15.0 Å². The Balaban J connectivity index is 1.43. The van der Waals surface area contributed by atoms with Gasteiger partial charge in [-0.25, -0.2) is 19.5 Å². The smallest absolute Gasteiger partial charge is 0.228 e. The van der Waals surface area contributed by atoms with Gasteiger partial charge in [-0.2, -0.15) is 0 Å². The molecule has 0 unspecified atom stereocenters. The normalized spacial score (nSPS) is 11.3. The number of hydrogen-bond donors (Lipinski definition) is 0. The number of fused-ring (bicyclic) bond motifs is 3. The fraction of sp³-hybridized carbons (Fsp3) is 0.0588. The van der Waals surface area contributed by atoms with E-state index in [-0.39, 0.29) is 0 Å². The molecule has 0 bridgehead atoms. The molecule has 5 nitrogen and oxygen atoms in total. The Labute approximate surface area is 226 Å². The zero-order chi connectivity index (χ0) is 26.3. The summed E-state index contributed by atoms with van der Waals surface area (Å²) >= 11 is 0. The molecule has 0 saturated heterocycles. The van der Waals surface area contributed by atoms with Crippen LogP contribution in [0.3, 0.4) is 0 Å². The second kappa shape index (κ2) is 9.30. The first-order valence-electron chi connectivity index (χ1n) is 12.9. The van der Waals surface area contributed by atoms with Crippen LogP contribution < -0.4 is 4.57 Å². The fourth-order valence-corrected chi connectivity index (χ4v) is 5.12. The van der Waals surface area contributed by atoms with Gasteiger partial charge in [0.15, 0.2) is 17.6 Å². The van der Waals surface area contributed by atoms with Crippen LogP contribution in [0, 0.1) is 6.92 Å². The van der Waals surface area contributed by atoms with Crippen molar-refractivity contribution in [3.8, 4) is 45.3 Å². The Morgan fingerprint density at radius 3 is 1.92 bits per heavy atom. The Bertz CT molecular complexity index is 1920. The number of pyridine rings is 2. The third-order valence-corrected chi connectivity index (χ3v) is 7.12. The van der Waals surface area contributed by atoms with Crippen LogP contribution in [0.2, 0.25) is 0 Å². The molecule has 0 radical (unpaired) electrons. The molecule has 0 aliphatic heterocycles. The van der Waals surface area contributed by atoms with Crippen LogP contribution in [0.5, 0.6) is 0 Å². The van der Waals surface area contributed by atoms with E-state index < -0.39 is 0 Å². The lowest BCUT2D eigenvalue weighted by Crippen LogP contribution is -2.30. The average molecular weight is 506 g/mol. The van der Waals surface area contributed by atoms with Crippen molar-refractivity contribution in [3.05, 3.63) is 121 Å². The van der Waals surface area contributed by atoms with Crippen molar-refractivity contribution >= 4 is 22.1 Å². The second-order valence-corrected chi connectivity index (χ2v) is 9.68. The predicted molar refractivity (Wildman–Crippen MR) is 155 cm³/mol. The van der Waals surface area contributed by atoms with Crippen molar-refractivity contribution in [2.75, 3.05) is 0 Å². The summed E-state index contributed by atoms with van der Waals surface area (Å²) in [5.74, 6) is 0.559. The molecule has 0 aliphatic carbocycles. The van der Waals surface area contributed by atoms with Crippen LogP contribution in [0.15, 0.2) is 120 Å². The summed E-state index contributed by atoms with van der Waals surface area (Å²) < 4.78 is 8.60. The number of aryl methyl sites for hydroxylation is 2. The topological polar surface area (TPSA) is 55.7 Å². The lowest BCUT2D eigenvalue weighted by molar-refractivity contribution is -0.660. The summed E-state index contributed by atoms with van der Waals surface area (Å²) in [5, 5.41) is 2.01. The number of benzene rings is 3. The Morgan fingerprint density at radius 2 is 1.26 bits per heavy atom. The highest BCUT2D eigenvalue weighted by molar-refractivity contribution is 6.09. The van der Waals surface area contributed by atoms with E-state index in [0.29, 0.717) is 17.2 Å². The van der Waals surface area contributed by atoms with Gasteiger partial charge in [-0.15, -0.1) is 0 Å². The molecule has 3 aromatic carbocycles. The predicted octanol–water partition coefficient (Wildman–Crippen LogP) is 7.57. The van der Waals surface area contributed by atoms with E-state index in [1.165, 1.54) is 0 Å². The maximum absolute atomic E-state index is 6.49. The van der Waals surface area contributed by atoms with Crippen molar-refractivity contribution in [2.45, 2.75) is 6.92 Å². The Morgan fingerprint density at radius 1 is 0.615 bits per heavy atom. The molecule has 0 aliphatic rings. The molecular weight excluding hydrogens is 480 g/mol. The zero-order valence-electron chi connectivity index (χ0n) is 21.7. The summed E-state index contributed by atoms with van der Waals surface area (Å²) in [6.45, 7) is 2.11. The van der Waals surface area contributed by atoms with E-state index in [9.17, 15) is 0 Å². The first-order valence-corrected chi connectivity index (χ1v) is 12.9.